The SMILES string of the molecule is C=C(C)COc1cc2oc(=O)c(CC(=O)NCc3ccccn3)c(C)c2cc1Cl. The molecule has 1 aromatic carbocycles. The molecule has 6 nitrogen and oxygen atoms in total. The van der Waals surface area contributed by atoms with Crippen molar-refractivity contribution >= 4 is 28.5 Å². The van der Waals surface area contributed by atoms with Gasteiger partial charge in [0.15, 0.2) is 0 Å². The minimum Gasteiger partial charge on any atom is -0.488 e. The number of halogens is 1. The van der Waals surface area contributed by atoms with Crippen molar-refractivity contribution in [2.24, 2.45) is 0 Å². The maximum absolute atomic E-state index is 12.5. The average molecular weight is 413 g/mol. The second-order valence-corrected chi connectivity index (χ2v) is 7.20. The van der Waals surface area contributed by atoms with E-state index < -0.39 is 5.63 Å². The van der Waals surface area contributed by atoms with E-state index in [1.807, 2.05) is 19.1 Å². The summed E-state index contributed by atoms with van der Waals surface area (Å²) in [4.78, 5) is 29.0. The summed E-state index contributed by atoms with van der Waals surface area (Å²) in [5.74, 6) is 0.114. The van der Waals surface area contributed by atoms with Crippen molar-refractivity contribution in [3.63, 3.8) is 0 Å². The molecule has 0 aliphatic heterocycles. The van der Waals surface area contributed by atoms with E-state index in [1.54, 1.807) is 31.3 Å². The van der Waals surface area contributed by atoms with Crippen molar-refractivity contribution in [3.8, 4) is 5.75 Å². The fraction of sp³-hybridized carbons (Fsp3) is 0.227. The number of fused-ring (bicyclic) bond motifs is 1. The van der Waals surface area contributed by atoms with Crippen molar-refractivity contribution in [2.45, 2.75) is 26.8 Å². The molecule has 0 fully saturated rings. The number of hydrogen-bond donors (Lipinski definition) is 1. The maximum Gasteiger partial charge on any atom is 0.340 e. The molecule has 150 valence electrons. The van der Waals surface area contributed by atoms with Crippen molar-refractivity contribution in [1.29, 1.82) is 0 Å². The first-order chi connectivity index (χ1) is 13.8. The first kappa shape index (κ1) is 20.6. The Morgan fingerprint density at radius 1 is 1.34 bits per heavy atom. The summed E-state index contributed by atoms with van der Waals surface area (Å²) in [6, 6.07) is 8.72. The van der Waals surface area contributed by atoms with Crippen LogP contribution in [0.3, 0.4) is 0 Å². The molecule has 29 heavy (non-hydrogen) atoms. The van der Waals surface area contributed by atoms with Crippen LogP contribution >= 0.6 is 11.6 Å². The van der Waals surface area contributed by atoms with Gasteiger partial charge in [-0.1, -0.05) is 24.2 Å². The number of carbonyl (C=O) groups excluding carboxylic acids is 1. The first-order valence-electron chi connectivity index (χ1n) is 9.04. The topological polar surface area (TPSA) is 81.4 Å². The molecule has 1 amide bonds. The van der Waals surface area contributed by atoms with Crippen LogP contribution < -0.4 is 15.7 Å². The Labute approximate surface area is 173 Å². The number of hydrogen-bond acceptors (Lipinski definition) is 5. The highest BCUT2D eigenvalue weighted by Gasteiger charge is 2.17. The smallest absolute Gasteiger partial charge is 0.340 e. The summed E-state index contributed by atoms with van der Waals surface area (Å²) in [7, 11) is 0. The van der Waals surface area contributed by atoms with Crippen LogP contribution in [-0.2, 0) is 17.8 Å². The fourth-order valence-electron chi connectivity index (χ4n) is 2.82. The third-order valence-corrected chi connectivity index (χ3v) is 4.64. The zero-order chi connectivity index (χ0) is 21.0. The van der Waals surface area contributed by atoms with Crippen LogP contribution in [0, 0.1) is 6.92 Å². The van der Waals surface area contributed by atoms with Gasteiger partial charge in [0, 0.05) is 17.6 Å². The van der Waals surface area contributed by atoms with Gasteiger partial charge in [0.1, 0.15) is 17.9 Å². The second kappa shape index (κ2) is 8.92. The molecular formula is C22H21ClN2O4. The zero-order valence-corrected chi connectivity index (χ0v) is 17.0. The molecule has 0 aliphatic rings. The molecule has 0 saturated carbocycles. The standard InChI is InChI=1S/C22H21ClN2O4/c1-13(2)12-28-20-10-19-16(8-18(20)23)14(3)17(22(27)29-19)9-21(26)25-11-15-6-4-5-7-24-15/h4-8,10H,1,9,11-12H2,2-3H3,(H,25,26). The maximum atomic E-state index is 12.5. The van der Waals surface area contributed by atoms with Crippen LogP contribution in [-0.4, -0.2) is 17.5 Å². The number of ether oxygens (including phenoxy) is 1. The van der Waals surface area contributed by atoms with Gasteiger partial charge in [0.2, 0.25) is 5.91 Å². The molecule has 0 unspecified atom stereocenters. The molecule has 0 bridgehead atoms. The van der Waals surface area contributed by atoms with E-state index in [0.717, 1.165) is 11.3 Å². The van der Waals surface area contributed by atoms with E-state index in [4.69, 9.17) is 20.8 Å². The molecule has 0 radical (unpaired) electrons. The number of aryl methyl sites for hydroxylation is 1. The highest BCUT2D eigenvalue weighted by Crippen LogP contribution is 2.32. The molecule has 2 heterocycles. The minimum atomic E-state index is -0.559. The summed E-state index contributed by atoms with van der Waals surface area (Å²) < 4.78 is 11.0. The lowest BCUT2D eigenvalue weighted by atomic mass is 10.0. The third-order valence-electron chi connectivity index (χ3n) is 4.34. The van der Waals surface area contributed by atoms with Gasteiger partial charge in [-0.3, -0.25) is 9.78 Å². The van der Waals surface area contributed by atoms with Crippen LogP contribution in [0.15, 0.2) is 57.9 Å². The molecule has 0 atom stereocenters. The Balaban J connectivity index is 1.83. The molecule has 0 spiro atoms. The summed E-state index contributed by atoms with van der Waals surface area (Å²) in [6.45, 7) is 7.98. The van der Waals surface area contributed by atoms with E-state index in [0.29, 0.717) is 39.5 Å². The summed E-state index contributed by atoms with van der Waals surface area (Å²) in [5.41, 5.74) is 2.31. The van der Waals surface area contributed by atoms with Gasteiger partial charge >= 0.3 is 5.63 Å². The second-order valence-electron chi connectivity index (χ2n) is 6.79. The number of pyridine rings is 1. The number of nitrogens with one attached hydrogen (secondary N) is 1. The van der Waals surface area contributed by atoms with E-state index in [2.05, 4.69) is 16.9 Å². The number of rotatable bonds is 7. The number of nitrogens with zero attached hydrogens (tertiary/aromatic N) is 1. The highest BCUT2D eigenvalue weighted by atomic mass is 35.5. The number of amides is 1. The first-order valence-corrected chi connectivity index (χ1v) is 9.42. The molecule has 7 heteroatoms. The summed E-state index contributed by atoms with van der Waals surface area (Å²) >= 11 is 6.31. The largest absolute Gasteiger partial charge is 0.488 e. The van der Waals surface area contributed by atoms with Crippen LogP contribution in [0.25, 0.3) is 11.0 Å². The monoisotopic (exact) mass is 412 g/mol. The summed E-state index contributed by atoms with van der Waals surface area (Å²) in [6.07, 6.45) is 1.56. The lowest BCUT2D eigenvalue weighted by molar-refractivity contribution is -0.120. The number of aromatic nitrogens is 1. The average Bonchev–Trinajstić information content (AvgIpc) is 2.69. The Hall–Kier alpha value is -3.12. The van der Waals surface area contributed by atoms with Crippen LogP contribution in [0.2, 0.25) is 5.02 Å². The van der Waals surface area contributed by atoms with Crippen molar-refractivity contribution in [3.05, 3.63) is 80.9 Å². The lowest BCUT2D eigenvalue weighted by Gasteiger charge is -2.12. The third kappa shape index (κ3) is 5.03. The Morgan fingerprint density at radius 3 is 2.83 bits per heavy atom. The van der Waals surface area contributed by atoms with Crippen LogP contribution in [0.4, 0.5) is 0 Å². The molecule has 3 rings (SSSR count). The Morgan fingerprint density at radius 2 is 2.14 bits per heavy atom. The number of benzene rings is 1. The highest BCUT2D eigenvalue weighted by molar-refractivity contribution is 6.32. The fourth-order valence-corrected chi connectivity index (χ4v) is 3.04. The van der Waals surface area contributed by atoms with Gasteiger partial charge in [-0.05, 0) is 43.2 Å². The van der Waals surface area contributed by atoms with Gasteiger partial charge < -0.3 is 14.5 Å². The van der Waals surface area contributed by atoms with Gasteiger partial charge in [0.25, 0.3) is 0 Å². The van der Waals surface area contributed by atoms with Gasteiger partial charge in [-0.25, -0.2) is 4.79 Å². The quantitative estimate of drug-likeness (QED) is 0.469. The normalized spacial score (nSPS) is 10.7. The van der Waals surface area contributed by atoms with Gasteiger partial charge in [-0.15, -0.1) is 0 Å². The summed E-state index contributed by atoms with van der Waals surface area (Å²) in [5, 5.41) is 3.81. The van der Waals surface area contributed by atoms with Crippen molar-refractivity contribution in [2.75, 3.05) is 6.61 Å². The van der Waals surface area contributed by atoms with Crippen LogP contribution in [0.1, 0.15) is 23.7 Å². The predicted molar refractivity (Wildman–Crippen MR) is 112 cm³/mol. The van der Waals surface area contributed by atoms with E-state index in [-0.39, 0.29) is 18.9 Å². The molecule has 3 aromatic rings. The van der Waals surface area contributed by atoms with E-state index in [9.17, 15) is 9.59 Å². The molecular weight excluding hydrogens is 392 g/mol. The molecule has 1 N–H and O–H groups in total. The molecule has 2 aromatic heterocycles. The number of carbonyl (C=O) groups is 1. The van der Waals surface area contributed by atoms with Gasteiger partial charge in [-0.2, -0.15) is 0 Å². The van der Waals surface area contributed by atoms with E-state index >= 15 is 0 Å². The lowest BCUT2D eigenvalue weighted by Crippen LogP contribution is -2.27. The minimum absolute atomic E-state index is 0.0948. The van der Waals surface area contributed by atoms with Crippen molar-refractivity contribution < 1.29 is 13.9 Å². The Bertz CT molecular complexity index is 1120. The zero-order valence-electron chi connectivity index (χ0n) is 16.3. The van der Waals surface area contributed by atoms with Crippen molar-refractivity contribution in [1.82, 2.24) is 10.3 Å². The Kier molecular flexibility index (Phi) is 6.34. The molecule has 0 aliphatic carbocycles. The van der Waals surface area contributed by atoms with E-state index in [1.165, 1.54) is 0 Å². The predicted octanol–water partition coefficient (Wildman–Crippen LogP) is 3.96. The van der Waals surface area contributed by atoms with Crippen LogP contribution in [0.5, 0.6) is 5.75 Å². The molecule has 0 saturated heterocycles. The van der Waals surface area contributed by atoms with Gasteiger partial charge in [0.05, 0.1) is 29.2 Å².